The van der Waals surface area contributed by atoms with Crippen LogP contribution in [0.4, 0.5) is 0 Å². The number of aliphatic hydroxyl groups is 1. The van der Waals surface area contributed by atoms with E-state index in [1.54, 1.807) is 24.4 Å². The number of sulfone groups is 1. The molecule has 1 aromatic carbocycles. The number of ether oxygens (including phenoxy) is 1. The summed E-state index contributed by atoms with van der Waals surface area (Å²) in [4.78, 5) is 4.46. The van der Waals surface area contributed by atoms with Gasteiger partial charge in [0.05, 0.1) is 7.11 Å². The molecule has 1 aromatic heterocycles. The smallest absolute Gasteiger partial charge is 0.179 e. The van der Waals surface area contributed by atoms with Crippen molar-refractivity contribution in [3.05, 3.63) is 42.0 Å². The average Bonchev–Trinajstić information content (AvgIpc) is 2.91. The average molecular weight is 324 g/mol. The Morgan fingerprint density at radius 3 is 2.77 bits per heavy atom. The van der Waals surface area contributed by atoms with E-state index in [0.29, 0.717) is 25.1 Å². The van der Waals surface area contributed by atoms with Gasteiger partial charge < -0.3 is 14.4 Å². The number of rotatable bonds is 7. The molecule has 0 amide bonds. The molecule has 0 aliphatic carbocycles. The molecule has 0 aliphatic heterocycles. The first-order valence-corrected chi connectivity index (χ1v) is 8.82. The van der Waals surface area contributed by atoms with Crippen molar-refractivity contribution < 1.29 is 18.3 Å². The number of aryl methyl sites for hydroxylation is 1. The van der Waals surface area contributed by atoms with Crippen molar-refractivity contribution in [1.29, 1.82) is 0 Å². The fraction of sp³-hybridized carbons (Fsp3) is 0.400. The van der Waals surface area contributed by atoms with Crippen LogP contribution in [0.5, 0.6) is 5.75 Å². The van der Waals surface area contributed by atoms with Crippen molar-refractivity contribution in [3.63, 3.8) is 0 Å². The monoisotopic (exact) mass is 324 g/mol. The highest BCUT2D eigenvalue weighted by atomic mass is 32.2. The van der Waals surface area contributed by atoms with E-state index >= 15 is 0 Å². The first-order valence-electron chi connectivity index (χ1n) is 6.93. The van der Waals surface area contributed by atoms with Crippen LogP contribution in [0.15, 0.2) is 35.5 Å². The SMILES string of the molecule is COc1cc(Cn2ccnc2CCCO)ccc1S(C)(=O)=O. The van der Waals surface area contributed by atoms with Gasteiger partial charge in [0.2, 0.25) is 0 Å². The summed E-state index contributed by atoms with van der Waals surface area (Å²) in [5.74, 6) is 1.23. The largest absolute Gasteiger partial charge is 0.495 e. The lowest BCUT2D eigenvalue weighted by Gasteiger charge is -2.11. The van der Waals surface area contributed by atoms with Crippen LogP contribution in [0.3, 0.4) is 0 Å². The lowest BCUT2D eigenvalue weighted by Crippen LogP contribution is -2.07. The van der Waals surface area contributed by atoms with Crippen LogP contribution in [0, 0.1) is 0 Å². The Morgan fingerprint density at radius 2 is 2.14 bits per heavy atom. The number of hydrogen-bond donors (Lipinski definition) is 1. The highest BCUT2D eigenvalue weighted by Crippen LogP contribution is 2.25. The van der Waals surface area contributed by atoms with Crippen molar-refractivity contribution in [1.82, 2.24) is 9.55 Å². The molecule has 1 N–H and O–H groups in total. The van der Waals surface area contributed by atoms with Crippen LogP contribution >= 0.6 is 0 Å². The Labute approximate surface area is 130 Å². The second kappa shape index (κ2) is 6.93. The first kappa shape index (κ1) is 16.5. The van der Waals surface area contributed by atoms with Gasteiger partial charge in [0, 0.05) is 38.2 Å². The van der Waals surface area contributed by atoms with Gasteiger partial charge in [-0.05, 0) is 24.1 Å². The van der Waals surface area contributed by atoms with Gasteiger partial charge in [-0.3, -0.25) is 0 Å². The van der Waals surface area contributed by atoms with Gasteiger partial charge in [-0.2, -0.15) is 0 Å². The molecule has 0 bridgehead atoms. The third kappa shape index (κ3) is 3.86. The van der Waals surface area contributed by atoms with Gasteiger partial charge in [-0.15, -0.1) is 0 Å². The molecule has 0 spiro atoms. The van der Waals surface area contributed by atoms with Crippen molar-refractivity contribution in [2.45, 2.75) is 24.3 Å². The van der Waals surface area contributed by atoms with E-state index < -0.39 is 9.84 Å². The molecule has 0 saturated heterocycles. The predicted molar refractivity (Wildman–Crippen MR) is 82.8 cm³/mol. The Balaban J connectivity index is 2.26. The van der Waals surface area contributed by atoms with Crippen LogP contribution in [0.25, 0.3) is 0 Å². The quantitative estimate of drug-likeness (QED) is 0.829. The van der Waals surface area contributed by atoms with Crippen molar-refractivity contribution in [3.8, 4) is 5.75 Å². The molecule has 22 heavy (non-hydrogen) atoms. The normalized spacial score (nSPS) is 11.6. The molecule has 0 unspecified atom stereocenters. The van der Waals surface area contributed by atoms with Crippen molar-refractivity contribution >= 4 is 9.84 Å². The molecule has 6 nitrogen and oxygen atoms in total. The molecule has 1 heterocycles. The minimum atomic E-state index is -3.32. The summed E-state index contributed by atoms with van der Waals surface area (Å²) >= 11 is 0. The molecule has 0 radical (unpaired) electrons. The minimum absolute atomic E-state index is 0.129. The number of hydrogen-bond acceptors (Lipinski definition) is 5. The molecule has 7 heteroatoms. The van der Waals surface area contributed by atoms with Gasteiger partial charge in [0.25, 0.3) is 0 Å². The maximum absolute atomic E-state index is 11.7. The number of methoxy groups -OCH3 is 1. The van der Waals surface area contributed by atoms with Gasteiger partial charge in [-0.1, -0.05) is 6.07 Å². The Bertz CT molecular complexity index is 738. The highest BCUT2D eigenvalue weighted by molar-refractivity contribution is 7.90. The van der Waals surface area contributed by atoms with Crippen molar-refractivity contribution in [2.75, 3.05) is 20.0 Å². The molecule has 0 aliphatic rings. The Hall–Kier alpha value is -1.86. The molecule has 2 aromatic rings. The number of aromatic nitrogens is 2. The second-order valence-corrected chi connectivity index (χ2v) is 7.04. The molecule has 120 valence electrons. The minimum Gasteiger partial charge on any atom is -0.495 e. The zero-order chi connectivity index (χ0) is 16.2. The molecular weight excluding hydrogens is 304 g/mol. The van der Waals surface area contributed by atoms with Crippen LogP contribution in [-0.4, -0.2) is 43.0 Å². The van der Waals surface area contributed by atoms with E-state index in [4.69, 9.17) is 9.84 Å². The lowest BCUT2D eigenvalue weighted by atomic mass is 10.2. The van der Waals surface area contributed by atoms with Crippen LogP contribution in [0.1, 0.15) is 17.8 Å². The third-order valence-electron chi connectivity index (χ3n) is 3.34. The summed E-state index contributed by atoms with van der Waals surface area (Å²) in [5.41, 5.74) is 0.924. The van der Waals surface area contributed by atoms with Gasteiger partial charge in [-0.25, -0.2) is 13.4 Å². The summed E-state index contributed by atoms with van der Waals surface area (Å²) in [5, 5.41) is 8.91. The number of aliphatic hydroxyl groups excluding tert-OH is 1. The molecule has 2 rings (SSSR count). The van der Waals surface area contributed by atoms with E-state index in [0.717, 1.165) is 17.6 Å². The fourth-order valence-electron chi connectivity index (χ4n) is 2.26. The van der Waals surface area contributed by atoms with Crippen molar-refractivity contribution in [2.24, 2.45) is 0 Å². The standard InChI is InChI=1S/C15H20N2O4S/c1-21-13-10-12(5-6-14(13)22(2,19)20)11-17-8-7-16-15(17)4-3-9-18/h5-8,10,18H,3-4,9,11H2,1-2H3. The van der Waals surface area contributed by atoms with Crippen LogP contribution in [-0.2, 0) is 22.8 Å². The summed E-state index contributed by atoms with van der Waals surface area (Å²) in [6, 6.07) is 5.06. The Morgan fingerprint density at radius 1 is 1.36 bits per heavy atom. The van der Waals surface area contributed by atoms with E-state index in [1.165, 1.54) is 7.11 Å². The molecular formula is C15H20N2O4S. The summed E-state index contributed by atoms with van der Waals surface area (Å²) in [7, 11) is -1.86. The molecule has 0 atom stereocenters. The predicted octanol–water partition coefficient (Wildman–Crippen LogP) is 1.27. The van der Waals surface area contributed by atoms with E-state index in [1.807, 2.05) is 10.8 Å². The number of nitrogens with zero attached hydrogens (tertiary/aromatic N) is 2. The third-order valence-corrected chi connectivity index (χ3v) is 4.48. The lowest BCUT2D eigenvalue weighted by molar-refractivity contribution is 0.287. The second-order valence-electron chi connectivity index (χ2n) is 5.06. The maximum atomic E-state index is 11.7. The molecule has 0 saturated carbocycles. The molecule has 0 fully saturated rings. The van der Waals surface area contributed by atoms with Gasteiger partial charge in [0.15, 0.2) is 9.84 Å². The Kier molecular flexibility index (Phi) is 5.20. The van der Waals surface area contributed by atoms with Gasteiger partial charge >= 0.3 is 0 Å². The maximum Gasteiger partial charge on any atom is 0.179 e. The van der Waals surface area contributed by atoms with E-state index in [-0.39, 0.29) is 11.5 Å². The number of benzene rings is 1. The van der Waals surface area contributed by atoms with Crippen LogP contribution in [0.2, 0.25) is 0 Å². The van der Waals surface area contributed by atoms with Crippen LogP contribution < -0.4 is 4.74 Å². The van der Waals surface area contributed by atoms with E-state index in [2.05, 4.69) is 4.98 Å². The fourth-order valence-corrected chi connectivity index (χ4v) is 3.09. The topological polar surface area (TPSA) is 81.4 Å². The highest BCUT2D eigenvalue weighted by Gasteiger charge is 2.15. The summed E-state index contributed by atoms with van der Waals surface area (Å²) in [6.07, 6.45) is 6.10. The number of imidazole rings is 1. The summed E-state index contributed by atoms with van der Waals surface area (Å²) < 4.78 is 30.6. The zero-order valence-corrected chi connectivity index (χ0v) is 13.5. The van der Waals surface area contributed by atoms with Gasteiger partial charge in [0.1, 0.15) is 16.5 Å². The first-order chi connectivity index (χ1) is 10.5. The zero-order valence-electron chi connectivity index (χ0n) is 12.7. The van der Waals surface area contributed by atoms with E-state index in [9.17, 15) is 8.42 Å². The summed E-state index contributed by atoms with van der Waals surface area (Å²) in [6.45, 7) is 0.699.